The van der Waals surface area contributed by atoms with Crippen LogP contribution in [0.15, 0.2) is 18.2 Å². The first kappa shape index (κ1) is 15.0. The van der Waals surface area contributed by atoms with Gasteiger partial charge in [-0.25, -0.2) is 0 Å². The number of rotatable bonds is 5. The number of carbonyl (C=O) groups excluding carboxylic acids is 3. The van der Waals surface area contributed by atoms with E-state index in [1.165, 1.54) is 20.1 Å². The third kappa shape index (κ3) is 2.59. The average Bonchev–Trinajstić information content (AvgIpc) is 2.71. The number of nitrogens with one attached hydrogen (secondary N) is 1. The Morgan fingerprint density at radius 3 is 2.71 bits per heavy atom. The van der Waals surface area contributed by atoms with Crippen molar-refractivity contribution in [2.24, 2.45) is 0 Å². The predicted octanol–water partition coefficient (Wildman–Crippen LogP) is 0.0159. The van der Waals surface area contributed by atoms with Crippen molar-refractivity contribution in [2.45, 2.75) is 13.0 Å². The number of imide groups is 1. The molecule has 1 aliphatic heterocycles. The number of nitrogens with zero attached hydrogens (tertiary/aromatic N) is 1. The monoisotopic (exact) mass is 291 g/mol. The molecule has 2 rings (SSSR count). The van der Waals surface area contributed by atoms with Gasteiger partial charge in [-0.3, -0.25) is 19.3 Å². The van der Waals surface area contributed by atoms with Gasteiger partial charge in [0.2, 0.25) is 5.91 Å². The molecule has 0 saturated carbocycles. The summed E-state index contributed by atoms with van der Waals surface area (Å²) in [7, 11) is 1.52. The number of carbonyl (C=O) groups is 3. The lowest BCUT2D eigenvalue weighted by Gasteiger charge is -2.21. The van der Waals surface area contributed by atoms with Gasteiger partial charge in [-0.15, -0.1) is 0 Å². The van der Waals surface area contributed by atoms with Crippen molar-refractivity contribution in [2.75, 3.05) is 26.0 Å². The second-order valence-electron chi connectivity index (χ2n) is 4.71. The summed E-state index contributed by atoms with van der Waals surface area (Å²) in [6.45, 7) is 2.17. The van der Waals surface area contributed by atoms with Crippen LogP contribution in [0.2, 0.25) is 0 Å². The van der Waals surface area contributed by atoms with Gasteiger partial charge in [-0.05, 0) is 19.1 Å². The zero-order chi connectivity index (χ0) is 15.6. The van der Waals surface area contributed by atoms with Crippen molar-refractivity contribution in [3.63, 3.8) is 0 Å². The molecular weight excluding hydrogens is 274 g/mol. The van der Waals surface area contributed by atoms with Crippen molar-refractivity contribution in [1.82, 2.24) is 10.2 Å². The van der Waals surface area contributed by atoms with E-state index < -0.39 is 23.8 Å². The lowest BCUT2D eigenvalue weighted by molar-refractivity contribution is -0.124. The maximum absolute atomic E-state index is 12.3. The van der Waals surface area contributed by atoms with Gasteiger partial charge >= 0.3 is 0 Å². The van der Waals surface area contributed by atoms with Crippen LogP contribution in [0.1, 0.15) is 27.6 Å². The molecule has 112 valence electrons. The van der Waals surface area contributed by atoms with Crippen LogP contribution in [0, 0.1) is 0 Å². The number of nitrogens with two attached hydrogens (primary N) is 1. The quantitative estimate of drug-likeness (QED) is 0.452. The van der Waals surface area contributed by atoms with Crippen molar-refractivity contribution < 1.29 is 19.1 Å². The molecule has 0 aliphatic carbocycles. The SMILES string of the molecule is COCCNC(=O)C(C)N1C(=O)c2cccc(N)c2C1=O. The van der Waals surface area contributed by atoms with Crippen molar-refractivity contribution in [1.29, 1.82) is 0 Å². The largest absolute Gasteiger partial charge is 0.398 e. The molecule has 0 bridgehead atoms. The Hall–Kier alpha value is -2.41. The van der Waals surface area contributed by atoms with Gasteiger partial charge in [0, 0.05) is 19.3 Å². The van der Waals surface area contributed by atoms with Crippen LogP contribution in [-0.4, -0.2) is 48.9 Å². The summed E-state index contributed by atoms with van der Waals surface area (Å²) in [4.78, 5) is 37.5. The molecule has 0 fully saturated rings. The minimum Gasteiger partial charge on any atom is -0.398 e. The molecule has 21 heavy (non-hydrogen) atoms. The van der Waals surface area contributed by atoms with Gasteiger partial charge in [-0.2, -0.15) is 0 Å². The number of benzene rings is 1. The van der Waals surface area contributed by atoms with Crippen LogP contribution in [0.5, 0.6) is 0 Å². The highest BCUT2D eigenvalue weighted by atomic mass is 16.5. The van der Waals surface area contributed by atoms with Crippen LogP contribution in [-0.2, 0) is 9.53 Å². The molecule has 3 amide bonds. The van der Waals surface area contributed by atoms with E-state index in [-0.39, 0.29) is 16.8 Å². The second-order valence-corrected chi connectivity index (χ2v) is 4.71. The number of amides is 3. The maximum atomic E-state index is 12.3. The van der Waals surface area contributed by atoms with Crippen molar-refractivity contribution in [3.8, 4) is 0 Å². The van der Waals surface area contributed by atoms with E-state index in [0.29, 0.717) is 13.2 Å². The molecule has 1 aromatic carbocycles. The van der Waals surface area contributed by atoms with Gasteiger partial charge in [0.15, 0.2) is 0 Å². The first-order chi connectivity index (χ1) is 9.99. The fourth-order valence-electron chi connectivity index (χ4n) is 2.22. The van der Waals surface area contributed by atoms with E-state index in [1.54, 1.807) is 12.1 Å². The maximum Gasteiger partial charge on any atom is 0.264 e. The topological polar surface area (TPSA) is 102 Å². The minimum atomic E-state index is -0.909. The van der Waals surface area contributed by atoms with Crippen molar-refractivity contribution >= 4 is 23.4 Å². The van der Waals surface area contributed by atoms with Crippen LogP contribution >= 0.6 is 0 Å². The molecule has 0 spiro atoms. The fraction of sp³-hybridized carbons (Fsp3) is 0.357. The highest BCUT2D eigenvalue weighted by Crippen LogP contribution is 2.28. The van der Waals surface area contributed by atoms with Crippen LogP contribution < -0.4 is 11.1 Å². The zero-order valence-corrected chi connectivity index (χ0v) is 11.9. The third-order valence-corrected chi connectivity index (χ3v) is 3.35. The summed E-state index contributed by atoms with van der Waals surface area (Å²) < 4.78 is 4.83. The molecule has 1 unspecified atom stereocenters. The van der Waals surface area contributed by atoms with Gasteiger partial charge in [0.1, 0.15) is 6.04 Å². The van der Waals surface area contributed by atoms with Gasteiger partial charge in [0.05, 0.1) is 17.7 Å². The molecule has 1 aliphatic rings. The smallest absolute Gasteiger partial charge is 0.264 e. The standard InChI is InChI=1S/C14H17N3O4/c1-8(12(18)16-6-7-21-2)17-13(19)9-4-3-5-10(15)11(9)14(17)20/h3-5,8H,6-7,15H2,1-2H3,(H,16,18). The Morgan fingerprint density at radius 1 is 1.38 bits per heavy atom. The molecule has 0 radical (unpaired) electrons. The number of fused-ring (bicyclic) bond motifs is 1. The molecule has 1 aromatic rings. The molecule has 3 N–H and O–H groups in total. The van der Waals surface area contributed by atoms with Gasteiger partial charge < -0.3 is 15.8 Å². The summed E-state index contributed by atoms with van der Waals surface area (Å²) in [5.74, 6) is -1.46. The fourth-order valence-corrected chi connectivity index (χ4v) is 2.22. The first-order valence-corrected chi connectivity index (χ1v) is 6.52. The Bertz CT molecular complexity index is 600. The molecule has 7 heteroatoms. The summed E-state index contributed by atoms with van der Waals surface area (Å²) in [6, 6.07) is 3.78. The normalized spacial score (nSPS) is 15.0. The van der Waals surface area contributed by atoms with E-state index in [2.05, 4.69) is 5.32 Å². The predicted molar refractivity (Wildman–Crippen MR) is 75.7 cm³/mol. The summed E-state index contributed by atoms with van der Waals surface area (Å²) >= 11 is 0. The lowest BCUT2D eigenvalue weighted by atomic mass is 10.1. The second kappa shape index (κ2) is 5.92. The number of nitrogen functional groups attached to an aromatic ring is 1. The number of ether oxygens (including phenoxy) is 1. The first-order valence-electron chi connectivity index (χ1n) is 6.52. The molecule has 1 atom stereocenters. The minimum absolute atomic E-state index is 0.166. The number of anilines is 1. The zero-order valence-electron chi connectivity index (χ0n) is 11.9. The Kier molecular flexibility index (Phi) is 4.23. The highest BCUT2D eigenvalue weighted by molar-refractivity contribution is 6.24. The average molecular weight is 291 g/mol. The van der Waals surface area contributed by atoms with Crippen LogP contribution in [0.3, 0.4) is 0 Å². The van der Waals surface area contributed by atoms with Crippen LogP contribution in [0.25, 0.3) is 0 Å². The summed E-state index contributed by atoms with van der Waals surface area (Å²) in [5, 5.41) is 2.60. The number of methoxy groups -OCH3 is 1. The van der Waals surface area contributed by atoms with E-state index in [4.69, 9.17) is 10.5 Å². The Balaban J connectivity index is 2.19. The summed E-state index contributed by atoms with van der Waals surface area (Å²) in [6.07, 6.45) is 0. The van der Waals surface area contributed by atoms with E-state index in [1.807, 2.05) is 0 Å². The highest BCUT2D eigenvalue weighted by Gasteiger charge is 2.41. The number of hydrogen-bond acceptors (Lipinski definition) is 5. The number of hydrogen-bond donors (Lipinski definition) is 2. The third-order valence-electron chi connectivity index (χ3n) is 3.35. The van der Waals surface area contributed by atoms with E-state index in [9.17, 15) is 14.4 Å². The molecule has 0 aromatic heterocycles. The molecule has 0 saturated heterocycles. The molecule has 1 heterocycles. The van der Waals surface area contributed by atoms with Crippen LogP contribution in [0.4, 0.5) is 5.69 Å². The van der Waals surface area contributed by atoms with Crippen molar-refractivity contribution in [3.05, 3.63) is 29.3 Å². The lowest BCUT2D eigenvalue weighted by Crippen LogP contribution is -2.48. The van der Waals surface area contributed by atoms with Gasteiger partial charge in [-0.1, -0.05) is 6.07 Å². The molecule has 7 nitrogen and oxygen atoms in total. The van der Waals surface area contributed by atoms with E-state index in [0.717, 1.165) is 4.90 Å². The molecular formula is C14H17N3O4. The van der Waals surface area contributed by atoms with E-state index >= 15 is 0 Å². The van der Waals surface area contributed by atoms with Gasteiger partial charge in [0.25, 0.3) is 11.8 Å². The Labute approximate surface area is 122 Å². The Morgan fingerprint density at radius 2 is 2.10 bits per heavy atom. The summed E-state index contributed by atoms with van der Waals surface area (Å²) in [5.41, 5.74) is 6.38.